The summed E-state index contributed by atoms with van der Waals surface area (Å²) in [4.78, 5) is 8.53. The SMILES string of the molecule is CCCCCCCCC(NN)c1ccnc(C)n1. The fourth-order valence-corrected chi connectivity index (χ4v) is 2.11. The molecule has 4 heteroatoms. The van der Waals surface area contributed by atoms with Gasteiger partial charge in [0.2, 0.25) is 0 Å². The van der Waals surface area contributed by atoms with Gasteiger partial charge in [0, 0.05) is 6.20 Å². The minimum absolute atomic E-state index is 0.151. The molecule has 102 valence electrons. The highest BCUT2D eigenvalue weighted by Gasteiger charge is 2.10. The molecule has 0 aliphatic carbocycles. The lowest BCUT2D eigenvalue weighted by Crippen LogP contribution is -2.28. The zero-order chi connectivity index (χ0) is 13.2. The molecule has 0 fully saturated rings. The third kappa shape index (κ3) is 5.56. The van der Waals surface area contributed by atoms with E-state index in [0.29, 0.717) is 0 Å². The van der Waals surface area contributed by atoms with Crippen LogP contribution in [0.3, 0.4) is 0 Å². The Morgan fingerprint density at radius 2 is 1.94 bits per heavy atom. The Labute approximate surface area is 110 Å². The van der Waals surface area contributed by atoms with Crippen molar-refractivity contribution in [2.24, 2.45) is 5.84 Å². The quantitative estimate of drug-likeness (QED) is 0.402. The lowest BCUT2D eigenvalue weighted by Gasteiger charge is -2.15. The van der Waals surface area contributed by atoms with Gasteiger partial charge in [-0.05, 0) is 19.4 Å². The third-order valence-corrected chi connectivity index (χ3v) is 3.20. The van der Waals surface area contributed by atoms with Crippen LogP contribution in [0.2, 0.25) is 0 Å². The maximum atomic E-state index is 5.61. The molecule has 1 unspecified atom stereocenters. The van der Waals surface area contributed by atoms with Crippen LogP contribution in [0, 0.1) is 6.92 Å². The number of hydrazine groups is 1. The van der Waals surface area contributed by atoms with Gasteiger partial charge in [-0.15, -0.1) is 0 Å². The molecule has 0 amide bonds. The number of hydrogen-bond donors (Lipinski definition) is 2. The molecule has 0 radical (unpaired) electrons. The summed E-state index contributed by atoms with van der Waals surface area (Å²) < 4.78 is 0. The van der Waals surface area contributed by atoms with Gasteiger partial charge in [-0.1, -0.05) is 45.4 Å². The van der Waals surface area contributed by atoms with E-state index in [4.69, 9.17) is 5.84 Å². The number of nitrogens with two attached hydrogens (primary N) is 1. The Bertz CT molecular complexity index is 327. The molecule has 0 spiro atoms. The van der Waals surface area contributed by atoms with Gasteiger partial charge < -0.3 is 0 Å². The van der Waals surface area contributed by atoms with Crippen molar-refractivity contribution >= 4 is 0 Å². The minimum atomic E-state index is 0.151. The predicted molar refractivity (Wildman–Crippen MR) is 74.8 cm³/mol. The normalized spacial score (nSPS) is 12.6. The summed E-state index contributed by atoms with van der Waals surface area (Å²) >= 11 is 0. The minimum Gasteiger partial charge on any atom is -0.271 e. The highest BCUT2D eigenvalue weighted by Crippen LogP contribution is 2.17. The molecular weight excluding hydrogens is 224 g/mol. The van der Waals surface area contributed by atoms with E-state index in [9.17, 15) is 0 Å². The van der Waals surface area contributed by atoms with Crippen LogP contribution in [-0.2, 0) is 0 Å². The third-order valence-electron chi connectivity index (χ3n) is 3.20. The Morgan fingerprint density at radius 1 is 1.22 bits per heavy atom. The molecule has 1 aromatic heterocycles. The molecule has 18 heavy (non-hydrogen) atoms. The van der Waals surface area contributed by atoms with Crippen molar-refractivity contribution in [3.8, 4) is 0 Å². The van der Waals surface area contributed by atoms with Gasteiger partial charge in [0.25, 0.3) is 0 Å². The van der Waals surface area contributed by atoms with Crippen molar-refractivity contribution < 1.29 is 0 Å². The fourth-order valence-electron chi connectivity index (χ4n) is 2.11. The van der Waals surface area contributed by atoms with E-state index in [1.165, 1.54) is 38.5 Å². The summed E-state index contributed by atoms with van der Waals surface area (Å²) in [5, 5.41) is 0. The van der Waals surface area contributed by atoms with Crippen LogP contribution in [-0.4, -0.2) is 9.97 Å². The van der Waals surface area contributed by atoms with Crippen molar-refractivity contribution in [1.82, 2.24) is 15.4 Å². The van der Waals surface area contributed by atoms with Crippen LogP contribution in [0.15, 0.2) is 12.3 Å². The zero-order valence-corrected chi connectivity index (χ0v) is 11.7. The van der Waals surface area contributed by atoms with Gasteiger partial charge in [0.15, 0.2) is 0 Å². The molecule has 1 heterocycles. The standard InChI is InChI=1S/C14H26N4/c1-3-4-5-6-7-8-9-14(18-15)13-10-11-16-12(2)17-13/h10-11,14,18H,3-9,15H2,1-2H3. The number of rotatable bonds is 9. The highest BCUT2D eigenvalue weighted by molar-refractivity contribution is 5.06. The van der Waals surface area contributed by atoms with Crippen LogP contribution < -0.4 is 11.3 Å². The molecule has 3 N–H and O–H groups in total. The van der Waals surface area contributed by atoms with Crippen molar-refractivity contribution in [1.29, 1.82) is 0 Å². The average Bonchev–Trinajstić information content (AvgIpc) is 2.38. The van der Waals surface area contributed by atoms with Gasteiger partial charge in [0.05, 0.1) is 11.7 Å². The Balaban J connectivity index is 2.29. The van der Waals surface area contributed by atoms with Gasteiger partial charge in [0.1, 0.15) is 5.82 Å². The number of nitrogens with zero attached hydrogens (tertiary/aromatic N) is 2. The summed E-state index contributed by atoms with van der Waals surface area (Å²) in [5.74, 6) is 6.41. The first-order chi connectivity index (χ1) is 8.77. The number of aryl methyl sites for hydroxylation is 1. The molecule has 0 aliphatic heterocycles. The zero-order valence-electron chi connectivity index (χ0n) is 11.7. The van der Waals surface area contributed by atoms with E-state index in [1.54, 1.807) is 6.20 Å². The summed E-state index contributed by atoms with van der Waals surface area (Å²) in [6.45, 7) is 4.15. The number of unbranched alkanes of at least 4 members (excludes halogenated alkanes) is 5. The first kappa shape index (κ1) is 15.1. The first-order valence-electron chi connectivity index (χ1n) is 7.03. The van der Waals surface area contributed by atoms with Crippen molar-refractivity contribution in [2.75, 3.05) is 0 Å². The van der Waals surface area contributed by atoms with Crippen LogP contribution in [0.25, 0.3) is 0 Å². The van der Waals surface area contributed by atoms with Crippen molar-refractivity contribution in [3.05, 3.63) is 23.8 Å². The Kier molecular flexibility index (Phi) is 7.53. The van der Waals surface area contributed by atoms with E-state index in [0.717, 1.165) is 17.9 Å². The largest absolute Gasteiger partial charge is 0.271 e. The van der Waals surface area contributed by atoms with E-state index in [1.807, 2.05) is 13.0 Å². The number of hydrogen-bond acceptors (Lipinski definition) is 4. The molecule has 1 rings (SSSR count). The fraction of sp³-hybridized carbons (Fsp3) is 0.714. The topological polar surface area (TPSA) is 63.8 Å². The Hall–Kier alpha value is -1.00. The smallest absolute Gasteiger partial charge is 0.125 e. The van der Waals surface area contributed by atoms with Crippen LogP contribution >= 0.6 is 0 Å². The second kappa shape index (κ2) is 9.00. The van der Waals surface area contributed by atoms with Gasteiger partial charge >= 0.3 is 0 Å². The predicted octanol–water partition coefficient (Wildman–Crippen LogP) is 3.04. The van der Waals surface area contributed by atoms with Gasteiger partial charge in [-0.3, -0.25) is 11.3 Å². The summed E-state index contributed by atoms with van der Waals surface area (Å²) in [6.07, 6.45) is 10.6. The van der Waals surface area contributed by atoms with Crippen molar-refractivity contribution in [3.63, 3.8) is 0 Å². The Morgan fingerprint density at radius 3 is 2.61 bits per heavy atom. The molecule has 0 saturated carbocycles. The molecule has 0 bridgehead atoms. The lowest BCUT2D eigenvalue weighted by atomic mass is 10.0. The van der Waals surface area contributed by atoms with E-state index in [-0.39, 0.29) is 6.04 Å². The van der Waals surface area contributed by atoms with Gasteiger partial charge in [-0.2, -0.15) is 0 Å². The second-order valence-electron chi connectivity index (χ2n) is 4.80. The number of aromatic nitrogens is 2. The molecule has 1 aromatic rings. The second-order valence-corrected chi connectivity index (χ2v) is 4.80. The van der Waals surface area contributed by atoms with E-state index < -0.39 is 0 Å². The summed E-state index contributed by atoms with van der Waals surface area (Å²) in [6, 6.07) is 2.09. The van der Waals surface area contributed by atoms with E-state index in [2.05, 4.69) is 22.3 Å². The van der Waals surface area contributed by atoms with Crippen molar-refractivity contribution in [2.45, 2.75) is 64.8 Å². The molecule has 4 nitrogen and oxygen atoms in total. The summed E-state index contributed by atoms with van der Waals surface area (Å²) in [5.41, 5.74) is 3.86. The first-order valence-corrected chi connectivity index (χ1v) is 7.03. The monoisotopic (exact) mass is 250 g/mol. The molecule has 1 atom stereocenters. The average molecular weight is 250 g/mol. The molecule has 0 saturated heterocycles. The van der Waals surface area contributed by atoms with Gasteiger partial charge in [-0.25, -0.2) is 9.97 Å². The van der Waals surface area contributed by atoms with E-state index >= 15 is 0 Å². The number of nitrogens with one attached hydrogen (secondary N) is 1. The van der Waals surface area contributed by atoms with Crippen LogP contribution in [0.5, 0.6) is 0 Å². The highest BCUT2D eigenvalue weighted by atomic mass is 15.2. The maximum absolute atomic E-state index is 5.61. The van der Waals surface area contributed by atoms with Crippen LogP contribution in [0.4, 0.5) is 0 Å². The molecular formula is C14H26N4. The molecule has 0 aromatic carbocycles. The van der Waals surface area contributed by atoms with Crippen LogP contribution in [0.1, 0.15) is 69.4 Å². The maximum Gasteiger partial charge on any atom is 0.125 e. The molecule has 0 aliphatic rings. The summed E-state index contributed by atoms with van der Waals surface area (Å²) in [7, 11) is 0. The lowest BCUT2D eigenvalue weighted by molar-refractivity contribution is 0.467.